The molecule has 0 aliphatic heterocycles. The van der Waals surface area contributed by atoms with Gasteiger partial charge in [-0.15, -0.1) is 7.20 Å². The van der Waals surface area contributed by atoms with Crippen LogP contribution in [0.4, 0.5) is 13.2 Å². The average Bonchev–Trinajstić information content (AvgIpc) is 2.72. The van der Waals surface area contributed by atoms with Gasteiger partial charge in [0.05, 0.1) is 0 Å². The molecule has 3 rings (SSSR count). The Hall–Kier alpha value is -1.81. The highest BCUT2D eigenvalue weighted by Gasteiger charge is 2.49. The van der Waals surface area contributed by atoms with Crippen LogP contribution in [-0.2, 0) is 20.3 Å². The second-order valence-electron chi connectivity index (χ2n) is 7.12. The van der Waals surface area contributed by atoms with E-state index in [2.05, 4.69) is 25.4 Å². The van der Waals surface area contributed by atoms with E-state index in [4.69, 9.17) is 0 Å². The lowest BCUT2D eigenvalue weighted by Crippen LogP contribution is -2.42. The van der Waals surface area contributed by atoms with Crippen molar-refractivity contribution in [1.82, 2.24) is 4.13 Å². The summed E-state index contributed by atoms with van der Waals surface area (Å²) in [5.41, 5.74) is -4.56. The Morgan fingerprint density at radius 1 is 0.794 bits per heavy atom. The lowest BCUT2D eigenvalue weighted by Gasteiger charge is -2.37. The molecule has 3 aromatic carbocycles. The van der Waals surface area contributed by atoms with Crippen molar-refractivity contribution in [3.63, 3.8) is 0 Å². The summed E-state index contributed by atoms with van der Waals surface area (Å²) in [5, 5.41) is 0. The molecular weight excluding hydrogens is 626 g/mol. The van der Waals surface area contributed by atoms with Crippen LogP contribution in [0, 0.1) is 13.8 Å². The average molecular weight is 645 g/mol. The summed E-state index contributed by atoms with van der Waals surface area (Å²) in [5.74, 6) is -0.317. The van der Waals surface area contributed by atoms with Crippen LogP contribution in [0.15, 0.2) is 87.5 Å². The van der Waals surface area contributed by atoms with Crippen LogP contribution in [0.5, 0.6) is 5.75 Å². The third kappa shape index (κ3) is 5.53. The minimum absolute atomic E-state index is 0.317. The number of nitrogens with one attached hydrogen (secondary N) is 1. The van der Waals surface area contributed by atoms with Gasteiger partial charge in [-0.3, -0.25) is 0 Å². The van der Waals surface area contributed by atoms with Crippen LogP contribution in [0.25, 0.3) is 0 Å². The third-order valence-electron chi connectivity index (χ3n) is 4.57. The molecule has 0 spiro atoms. The summed E-state index contributed by atoms with van der Waals surface area (Å²) in [4.78, 5) is 2.98. The quantitative estimate of drug-likeness (QED) is 0.319. The smallest absolute Gasteiger partial charge is 0.370 e. The van der Waals surface area contributed by atoms with Gasteiger partial charge in [0.1, 0.15) is 5.75 Å². The summed E-state index contributed by atoms with van der Waals surface area (Å²) >= 11 is 2.40. The summed E-state index contributed by atoms with van der Waals surface area (Å²) in [6, 6.07) is 22.2. The molecule has 6 nitrogen and oxygen atoms in total. The second-order valence-corrected chi connectivity index (χ2v) is 16.7. The molecule has 1 N–H and O–H groups in total. The van der Waals surface area contributed by atoms with E-state index in [-0.39, 0.29) is 5.75 Å². The van der Waals surface area contributed by atoms with Crippen molar-refractivity contribution >= 4 is 48.7 Å². The highest BCUT2D eigenvalue weighted by Crippen LogP contribution is 2.75. The molecule has 0 aliphatic rings. The van der Waals surface area contributed by atoms with Gasteiger partial charge in [0.25, 0.3) is 0 Å². The Bertz CT molecular complexity index is 1340. The topological polar surface area (TPSA) is 89.5 Å². The molecule has 0 fully saturated rings. The summed E-state index contributed by atoms with van der Waals surface area (Å²) in [6.07, 6.45) is 0. The molecule has 0 saturated heterocycles. The van der Waals surface area contributed by atoms with Crippen molar-refractivity contribution in [2.75, 3.05) is 0 Å². The molecule has 0 unspecified atom stereocenters. The van der Waals surface area contributed by atoms with Crippen LogP contribution in [0.2, 0.25) is 0 Å². The van der Waals surface area contributed by atoms with Gasteiger partial charge in [-0.2, -0.15) is 21.6 Å². The number of sulfonamides is 1. The molecule has 0 aromatic heterocycles. The fourth-order valence-corrected chi connectivity index (χ4v) is 11.9. The number of hydrogen-bond donors (Lipinski definition) is 1. The van der Waals surface area contributed by atoms with Crippen molar-refractivity contribution in [3.05, 3.63) is 83.9 Å². The van der Waals surface area contributed by atoms with Crippen molar-refractivity contribution in [2.24, 2.45) is 0 Å². The normalized spacial score (nSPS) is 13.5. The largest absolute Gasteiger partial charge is 0.512 e. The second kappa shape index (κ2) is 9.68. The van der Waals surface area contributed by atoms with Crippen LogP contribution >= 0.6 is 28.4 Å². The van der Waals surface area contributed by atoms with Gasteiger partial charge in [0, 0.05) is 14.7 Å². The number of rotatable bonds is 7. The molecule has 0 aliphatic carbocycles. The highest BCUT2D eigenvalue weighted by molar-refractivity contribution is 14.2. The Kier molecular flexibility index (Phi) is 7.63. The molecule has 0 heterocycles. The fourth-order valence-electron chi connectivity index (χ4n) is 3.32. The Morgan fingerprint density at radius 2 is 1.21 bits per heavy atom. The Morgan fingerprint density at radius 3 is 1.59 bits per heavy atom. The van der Waals surface area contributed by atoms with E-state index in [9.17, 15) is 30.0 Å². The first-order chi connectivity index (χ1) is 15.7. The molecule has 184 valence electrons. The number of hydrogen-bond acceptors (Lipinski definition) is 5. The van der Waals surface area contributed by atoms with Crippen molar-refractivity contribution in [2.45, 2.75) is 34.0 Å². The van der Waals surface area contributed by atoms with Crippen LogP contribution in [0.1, 0.15) is 11.1 Å². The van der Waals surface area contributed by atoms with Crippen LogP contribution < -0.4 is 8.31 Å². The minimum Gasteiger partial charge on any atom is -0.370 e. The molecule has 0 saturated carbocycles. The lowest BCUT2D eigenvalue weighted by atomic mass is 10.1. The van der Waals surface area contributed by atoms with Crippen molar-refractivity contribution < 1.29 is 34.2 Å². The summed E-state index contributed by atoms with van der Waals surface area (Å²) in [6.45, 7) is 3.46. The van der Waals surface area contributed by atoms with E-state index in [1.165, 1.54) is 12.1 Å². The predicted molar refractivity (Wildman–Crippen MR) is 133 cm³/mol. The standard InChI is InChI=1S/C21H19F3INO5S3/c1-15-13-17(31-34(29,30)26-33(27,28)21(22,23)24)14-16(2)20(15)32(25,18-9-5-3-6-10-18)19-11-7-4-8-12-19/h3-14,26H,1-2H3. The number of alkyl halides is 3. The monoisotopic (exact) mass is 645 g/mol. The first-order valence-corrected chi connectivity index (χ1v) is 16.5. The fraction of sp³-hybridized carbons (Fsp3) is 0.143. The molecule has 0 radical (unpaired) electrons. The van der Waals surface area contributed by atoms with Crippen molar-refractivity contribution in [3.8, 4) is 5.75 Å². The number of aryl methyl sites for hydroxylation is 2. The third-order valence-corrected chi connectivity index (χ3v) is 14.7. The summed E-state index contributed by atoms with van der Waals surface area (Å²) < 4.78 is 89.3. The van der Waals surface area contributed by atoms with Gasteiger partial charge >= 0.3 is 25.8 Å². The first kappa shape index (κ1) is 26.8. The highest BCUT2D eigenvalue weighted by atomic mass is 127. The molecule has 34 heavy (non-hydrogen) atoms. The number of benzene rings is 3. The predicted octanol–water partition coefficient (Wildman–Crippen LogP) is 6.00. The van der Waals surface area contributed by atoms with E-state index in [0.29, 0.717) is 15.3 Å². The molecule has 0 bridgehead atoms. The van der Waals surface area contributed by atoms with Gasteiger partial charge in [-0.25, -0.2) is 8.42 Å². The Labute approximate surface area is 209 Å². The maximum atomic E-state index is 12.6. The maximum absolute atomic E-state index is 12.6. The zero-order chi connectivity index (χ0) is 25.4. The van der Waals surface area contributed by atoms with Gasteiger partial charge < -0.3 is 4.18 Å². The van der Waals surface area contributed by atoms with E-state index in [0.717, 1.165) is 14.7 Å². The van der Waals surface area contributed by atoms with E-state index in [1.54, 1.807) is 13.8 Å². The van der Waals surface area contributed by atoms with Gasteiger partial charge in [-0.1, -0.05) is 40.5 Å². The van der Waals surface area contributed by atoms with E-state index >= 15 is 0 Å². The van der Waals surface area contributed by atoms with E-state index in [1.807, 2.05) is 60.7 Å². The molecule has 0 amide bonds. The maximum Gasteiger partial charge on any atom is 0.512 e. The van der Waals surface area contributed by atoms with Crippen LogP contribution in [0.3, 0.4) is 0 Å². The van der Waals surface area contributed by atoms with Crippen LogP contribution in [-0.4, -0.2) is 22.3 Å². The van der Waals surface area contributed by atoms with Gasteiger partial charge in [-0.05, 0) is 82.6 Å². The van der Waals surface area contributed by atoms with Crippen molar-refractivity contribution in [1.29, 1.82) is 0 Å². The van der Waals surface area contributed by atoms with Gasteiger partial charge in [0.15, 0.2) is 0 Å². The van der Waals surface area contributed by atoms with Gasteiger partial charge in [0.2, 0.25) is 0 Å². The van der Waals surface area contributed by atoms with E-state index < -0.39 is 33.0 Å². The summed E-state index contributed by atoms with van der Waals surface area (Å²) in [7, 11) is -13.3. The minimum atomic E-state index is -6.16. The lowest BCUT2D eigenvalue weighted by molar-refractivity contribution is -0.0442. The molecular formula is C21H19F3INO5S3. The molecule has 13 heteroatoms. The number of halogens is 4. The Balaban J connectivity index is 2.09. The first-order valence-electron chi connectivity index (χ1n) is 9.46. The molecule has 0 atom stereocenters. The molecule has 3 aromatic rings. The SMILES string of the molecule is Cc1cc(OS(=O)(=O)NS(=O)(=O)C(F)(F)F)cc(C)c1S(I)(c1ccccc1)c1ccccc1. The zero-order valence-electron chi connectivity index (χ0n) is 17.7. The zero-order valence-corrected chi connectivity index (χ0v) is 22.3.